The van der Waals surface area contributed by atoms with Gasteiger partial charge >= 0.3 is 0 Å². The second-order valence-corrected chi connectivity index (χ2v) is 5.77. The minimum atomic E-state index is -0.421. The highest BCUT2D eigenvalue weighted by molar-refractivity contribution is 5.82. The molecule has 21 heavy (non-hydrogen) atoms. The van der Waals surface area contributed by atoms with Crippen LogP contribution in [0.1, 0.15) is 25.8 Å². The molecule has 0 aliphatic rings. The second-order valence-electron chi connectivity index (χ2n) is 5.77. The fraction of sp³-hybridized carbons (Fsp3) is 0.412. The summed E-state index contributed by atoms with van der Waals surface area (Å²) in [4.78, 5) is 16.3. The fourth-order valence-corrected chi connectivity index (χ4v) is 2.44. The summed E-state index contributed by atoms with van der Waals surface area (Å²) in [5, 5.41) is 4.03. The number of hydrogen-bond donors (Lipinski definition) is 2. The van der Waals surface area contributed by atoms with E-state index in [1.165, 1.54) is 0 Å². The van der Waals surface area contributed by atoms with Crippen LogP contribution in [-0.4, -0.2) is 23.5 Å². The molecular formula is C17H23N3O. The molecule has 1 aromatic carbocycles. The first-order chi connectivity index (χ1) is 10.1. The van der Waals surface area contributed by atoms with Gasteiger partial charge in [0.1, 0.15) is 0 Å². The SMILES string of the molecule is CC(C)CC(N)C(=O)NCCc1cccc2cccnc12. The Morgan fingerprint density at radius 1 is 1.29 bits per heavy atom. The van der Waals surface area contributed by atoms with Gasteiger partial charge < -0.3 is 11.1 Å². The van der Waals surface area contributed by atoms with Crippen molar-refractivity contribution in [2.24, 2.45) is 11.7 Å². The first kappa shape index (κ1) is 15.4. The molecule has 4 heteroatoms. The Morgan fingerprint density at radius 2 is 2.05 bits per heavy atom. The van der Waals surface area contributed by atoms with Gasteiger partial charge in [-0.2, -0.15) is 0 Å². The lowest BCUT2D eigenvalue weighted by Gasteiger charge is -2.14. The summed E-state index contributed by atoms with van der Waals surface area (Å²) < 4.78 is 0. The number of hydrogen-bond acceptors (Lipinski definition) is 3. The predicted octanol–water partition coefficient (Wildman–Crippen LogP) is 2.27. The molecule has 0 saturated carbocycles. The topological polar surface area (TPSA) is 68.0 Å². The molecule has 0 bridgehead atoms. The highest BCUT2D eigenvalue weighted by Gasteiger charge is 2.14. The number of rotatable bonds is 6. The van der Waals surface area contributed by atoms with Gasteiger partial charge in [0, 0.05) is 18.1 Å². The number of carbonyl (C=O) groups excluding carboxylic acids is 1. The van der Waals surface area contributed by atoms with Gasteiger partial charge in [-0.25, -0.2) is 0 Å². The molecule has 0 fully saturated rings. The van der Waals surface area contributed by atoms with E-state index in [1.54, 1.807) is 6.20 Å². The zero-order chi connectivity index (χ0) is 15.2. The molecule has 0 spiro atoms. The maximum Gasteiger partial charge on any atom is 0.236 e. The van der Waals surface area contributed by atoms with Crippen LogP contribution in [0, 0.1) is 5.92 Å². The van der Waals surface area contributed by atoms with Crippen molar-refractivity contribution in [1.82, 2.24) is 10.3 Å². The summed E-state index contributed by atoms with van der Waals surface area (Å²) >= 11 is 0. The number of nitrogens with zero attached hydrogens (tertiary/aromatic N) is 1. The molecule has 112 valence electrons. The van der Waals surface area contributed by atoms with E-state index in [1.807, 2.05) is 24.3 Å². The summed E-state index contributed by atoms with van der Waals surface area (Å²) in [5.41, 5.74) is 8.01. The van der Waals surface area contributed by atoms with Crippen LogP contribution < -0.4 is 11.1 Å². The maximum absolute atomic E-state index is 11.9. The van der Waals surface area contributed by atoms with E-state index in [0.717, 1.165) is 22.9 Å². The maximum atomic E-state index is 11.9. The van der Waals surface area contributed by atoms with E-state index >= 15 is 0 Å². The van der Waals surface area contributed by atoms with Gasteiger partial charge in [0.15, 0.2) is 0 Å². The molecule has 0 radical (unpaired) electrons. The molecule has 1 heterocycles. The van der Waals surface area contributed by atoms with Gasteiger partial charge in [0.2, 0.25) is 5.91 Å². The lowest BCUT2D eigenvalue weighted by atomic mass is 10.0. The molecule has 1 aromatic heterocycles. The van der Waals surface area contributed by atoms with Gasteiger partial charge in [0.25, 0.3) is 0 Å². The summed E-state index contributed by atoms with van der Waals surface area (Å²) in [7, 11) is 0. The number of benzene rings is 1. The molecule has 1 amide bonds. The van der Waals surface area contributed by atoms with Crippen molar-refractivity contribution in [2.75, 3.05) is 6.54 Å². The third-order valence-electron chi connectivity index (χ3n) is 3.47. The van der Waals surface area contributed by atoms with Crippen LogP contribution in [0.2, 0.25) is 0 Å². The first-order valence-corrected chi connectivity index (χ1v) is 7.44. The summed E-state index contributed by atoms with van der Waals surface area (Å²) in [6, 6.07) is 9.67. The van der Waals surface area contributed by atoms with Crippen molar-refractivity contribution >= 4 is 16.8 Å². The van der Waals surface area contributed by atoms with Crippen molar-refractivity contribution < 1.29 is 4.79 Å². The number of aromatic nitrogens is 1. The second kappa shape index (κ2) is 7.18. The molecule has 0 saturated heterocycles. The van der Waals surface area contributed by atoms with E-state index in [0.29, 0.717) is 18.9 Å². The van der Waals surface area contributed by atoms with Crippen molar-refractivity contribution in [1.29, 1.82) is 0 Å². The van der Waals surface area contributed by atoms with Crippen molar-refractivity contribution in [2.45, 2.75) is 32.7 Å². The predicted molar refractivity (Wildman–Crippen MR) is 85.9 cm³/mol. The van der Waals surface area contributed by atoms with E-state index < -0.39 is 6.04 Å². The Hall–Kier alpha value is -1.94. The Kier molecular flexibility index (Phi) is 5.28. The van der Waals surface area contributed by atoms with Gasteiger partial charge in [-0.1, -0.05) is 38.1 Å². The third kappa shape index (κ3) is 4.26. The quantitative estimate of drug-likeness (QED) is 0.855. The van der Waals surface area contributed by atoms with Crippen molar-refractivity contribution in [3.05, 3.63) is 42.1 Å². The fourth-order valence-electron chi connectivity index (χ4n) is 2.44. The minimum Gasteiger partial charge on any atom is -0.354 e. The molecule has 1 atom stereocenters. The Labute approximate surface area is 125 Å². The number of para-hydroxylation sites is 1. The number of fused-ring (bicyclic) bond motifs is 1. The smallest absolute Gasteiger partial charge is 0.236 e. The molecular weight excluding hydrogens is 262 g/mol. The average Bonchev–Trinajstić information content (AvgIpc) is 2.46. The van der Waals surface area contributed by atoms with E-state index in [4.69, 9.17) is 5.73 Å². The van der Waals surface area contributed by atoms with Crippen LogP contribution in [0.3, 0.4) is 0 Å². The van der Waals surface area contributed by atoms with Crippen LogP contribution in [0.25, 0.3) is 10.9 Å². The van der Waals surface area contributed by atoms with Crippen LogP contribution in [-0.2, 0) is 11.2 Å². The Bertz CT molecular complexity index is 605. The van der Waals surface area contributed by atoms with Gasteiger partial charge in [0.05, 0.1) is 11.6 Å². The van der Waals surface area contributed by atoms with Gasteiger partial charge in [-0.15, -0.1) is 0 Å². The summed E-state index contributed by atoms with van der Waals surface area (Å²) in [6.45, 7) is 4.71. The molecule has 1 unspecified atom stereocenters. The van der Waals surface area contributed by atoms with Crippen LogP contribution in [0.5, 0.6) is 0 Å². The third-order valence-corrected chi connectivity index (χ3v) is 3.47. The van der Waals surface area contributed by atoms with Gasteiger partial charge in [-0.05, 0) is 30.4 Å². The van der Waals surface area contributed by atoms with Crippen LogP contribution in [0.15, 0.2) is 36.5 Å². The number of pyridine rings is 1. The van der Waals surface area contributed by atoms with Crippen molar-refractivity contribution in [3.63, 3.8) is 0 Å². The molecule has 4 nitrogen and oxygen atoms in total. The van der Waals surface area contributed by atoms with Gasteiger partial charge in [-0.3, -0.25) is 9.78 Å². The standard InChI is InChI=1S/C17H23N3O/c1-12(2)11-15(18)17(21)20-10-8-14-6-3-5-13-7-4-9-19-16(13)14/h3-7,9,12,15H,8,10-11,18H2,1-2H3,(H,20,21). The molecule has 0 aliphatic carbocycles. The molecule has 3 N–H and O–H groups in total. The zero-order valence-corrected chi connectivity index (χ0v) is 12.7. The van der Waals surface area contributed by atoms with Crippen LogP contribution in [0.4, 0.5) is 0 Å². The van der Waals surface area contributed by atoms with E-state index in [-0.39, 0.29) is 5.91 Å². The largest absolute Gasteiger partial charge is 0.354 e. The minimum absolute atomic E-state index is 0.0723. The van der Waals surface area contributed by atoms with Crippen molar-refractivity contribution in [3.8, 4) is 0 Å². The monoisotopic (exact) mass is 285 g/mol. The highest BCUT2D eigenvalue weighted by Crippen LogP contribution is 2.16. The number of nitrogens with two attached hydrogens (primary N) is 1. The summed E-state index contributed by atoms with van der Waals surface area (Å²) in [6.07, 6.45) is 3.26. The highest BCUT2D eigenvalue weighted by atomic mass is 16.2. The first-order valence-electron chi connectivity index (χ1n) is 7.44. The van der Waals surface area contributed by atoms with E-state index in [2.05, 4.69) is 30.2 Å². The normalized spacial score (nSPS) is 12.6. The number of nitrogens with one attached hydrogen (secondary N) is 1. The lowest BCUT2D eigenvalue weighted by Crippen LogP contribution is -2.42. The van der Waals surface area contributed by atoms with Crippen LogP contribution >= 0.6 is 0 Å². The lowest BCUT2D eigenvalue weighted by molar-refractivity contribution is -0.122. The molecule has 2 aromatic rings. The molecule has 0 aliphatic heterocycles. The number of amides is 1. The summed E-state index contributed by atoms with van der Waals surface area (Å²) in [5.74, 6) is 0.352. The zero-order valence-electron chi connectivity index (χ0n) is 12.7. The van der Waals surface area contributed by atoms with E-state index in [9.17, 15) is 4.79 Å². The Balaban J connectivity index is 1.92. The number of carbonyl (C=O) groups is 1. The Morgan fingerprint density at radius 3 is 2.81 bits per heavy atom. The average molecular weight is 285 g/mol. The molecule has 2 rings (SSSR count).